The maximum absolute atomic E-state index is 13.5. The summed E-state index contributed by atoms with van der Waals surface area (Å²) in [4.78, 5) is 19.9. The minimum atomic E-state index is -0.344. The number of phenols is 1. The van der Waals surface area contributed by atoms with Crippen LogP contribution in [0.2, 0.25) is 0 Å². The number of nitrogens with zero attached hydrogens (tertiary/aromatic N) is 3. The van der Waals surface area contributed by atoms with Gasteiger partial charge in [0.25, 0.3) is 0 Å². The second-order valence-electron chi connectivity index (χ2n) is 7.88. The third-order valence-electron chi connectivity index (χ3n) is 5.96. The van der Waals surface area contributed by atoms with Crippen molar-refractivity contribution in [2.75, 3.05) is 44.2 Å². The maximum Gasteiger partial charge on any atom is 0.244 e. The largest absolute Gasteiger partial charge is 0.508 e. The van der Waals surface area contributed by atoms with Gasteiger partial charge >= 0.3 is 0 Å². The zero-order chi connectivity index (χ0) is 20.2. The number of hydrogen-bond acceptors (Lipinski definition) is 4. The Labute approximate surface area is 171 Å². The first-order valence-corrected chi connectivity index (χ1v) is 10.4. The standard InChI is InChI=1S/C23H28FN3O2/c24-19-9-7-18(8-10-19)22(26-11-2-1-3-12-26)23(29)27-15-13-25(14-16-27)20-5-4-6-21(28)17-20/h4-10,17,22,28H,1-3,11-16H2. The topological polar surface area (TPSA) is 47.0 Å². The van der Waals surface area contributed by atoms with Gasteiger partial charge in [-0.15, -0.1) is 0 Å². The molecule has 2 aromatic carbocycles. The predicted molar refractivity (Wildman–Crippen MR) is 111 cm³/mol. The van der Waals surface area contributed by atoms with Crippen LogP contribution in [0.1, 0.15) is 30.9 Å². The zero-order valence-electron chi connectivity index (χ0n) is 16.6. The quantitative estimate of drug-likeness (QED) is 0.859. The van der Waals surface area contributed by atoms with Gasteiger partial charge < -0.3 is 14.9 Å². The molecule has 2 fully saturated rings. The van der Waals surface area contributed by atoms with Crippen molar-refractivity contribution in [1.82, 2.24) is 9.80 Å². The Kier molecular flexibility index (Phi) is 6.00. The van der Waals surface area contributed by atoms with E-state index in [9.17, 15) is 14.3 Å². The second-order valence-corrected chi connectivity index (χ2v) is 7.88. The van der Waals surface area contributed by atoms with Crippen molar-refractivity contribution in [3.05, 3.63) is 59.9 Å². The van der Waals surface area contributed by atoms with E-state index < -0.39 is 0 Å². The molecular weight excluding hydrogens is 369 g/mol. The molecule has 1 unspecified atom stereocenters. The molecule has 2 aliphatic heterocycles. The molecule has 0 spiro atoms. The summed E-state index contributed by atoms with van der Waals surface area (Å²) in [5.41, 5.74) is 1.84. The van der Waals surface area contributed by atoms with E-state index in [0.29, 0.717) is 13.1 Å². The van der Waals surface area contributed by atoms with E-state index in [1.54, 1.807) is 24.3 Å². The number of likely N-dealkylation sites (tertiary alicyclic amines) is 1. The number of rotatable bonds is 4. The van der Waals surface area contributed by atoms with Gasteiger partial charge in [0.1, 0.15) is 17.6 Å². The number of benzene rings is 2. The number of piperidine rings is 1. The lowest BCUT2D eigenvalue weighted by Gasteiger charge is -2.41. The average molecular weight is 397 g/mol. The number of amides is 1. The molecule has 1 amide bonds. The normalized spacial score (nSPS) is 19.2. The highest BCUT2D eigenvalue weighted by molar-refractivity contribution is 5.83. The van der Waals surface area contributed by atoms with E-state index in [1.165, 1.54) is 18.6 Å². The van der Waals surface area contributed by atoms with Gasteiger partial charge in [0.05, 0.1) is 0 Å². The van der Waals surface area contributed by atoms with Crippen LogP contribution in [0.25, 0.3) is 0 Å². The molecule has 0 radical (unpaired) electrons. The number of hydrogen-bond donors (Lipinski definition) is 1. The van der Waals surface area contributed by atoms with Gasteiger partial charge in [0.15, 0.2) is 0 Å². The van der Waals surface area contributed by atoms with Crippen molar-refractivity contribution in [3.63, 3.8) is 0 Å². The van der Waals surface area contributed by atoms with Crippen LogP contribution >= 0.6 is 0 Å². The van der Waals surface area contributed by atoms with Crippen molar-refractivity contribution < 1.29 is 14.3 Å². The lowest BCUT2D eigenvalue weighted by atomic mass is 10.00. The second kappa shape index (κ2) is 8.82. The number of carbonyl (C=O) groups is 1. The number of anilines is 1. The van der Waals surface area contributed by atoms with E-state index in [0.717, 1.165) is 50.3 Å². The van der Waals surface area contributed by atoms with Crippen LogP contribution < -0.4 is 4.90 Å². The lowest BCUT2D eigenvalue weighted by molar-refractivity contribution is -0.138. The Morgan fingerprint density at radius 1 is 0.897 bits per heavy atom. The summed E-state index contributed by atoms with van der Waals surface area (Å²) in [5.74, 6) is 0.0786. The Balaban J connectivity index is 1.48. The van der Waals surface area contributed by atoms with Crippen molar-refractivity contribution in [3.8, 4) is 5.75 Å². The summed E-state index contributed by atoms with van der Waals surface area (Å²) in [7, 11) is 0. The molecule has 5 nitrogen and oxygen atoms in total. The molecule has 0 saturated carbocycles. The molecule has 2 aromatic rings. The highest BCUT2D eigenvalue weighted by atomic mass is 19.1. The molecule has 6 heteroatoms. The summed E-state index contributed by atoms with van der Waals surface area (Å²) in [6.07, 6.45) is 3.38. The lowest BCUT2D eigenvalue weighted by Crippen LogP contribution is -2.52. The number of carbonyl (C=O) groups excluding carboxylic acids is 1. The fraction of sp³-hybridized carbons (Fsp3) is 0.435. The van der Waals surface area contributed by atoms with E-state index in [2.05, 4.69) is 9.80 Å². The Morgan fingerprint density at radius 2 is 1.59 bits per heavy atom. The smallest absolute Gasteiger partial charge is 0.244 e. The fourth-order valence-corrected chi connectivity index (χ4v) is 4.38. The van der Waals surface area contributed by atoms with Crippen LogP contribution in [0, 0.1) is 5.82 Å². The van der Waals surface area contributed by atoms with Crippen molar-refractivity contribution >= 4 is 11.6 Å². The minimum Gasteiger partial charge on any atom is -0.508 e. The Hall–Kier alpha value is -2.60. The van der Waals surface area contributed by atoms with Gasteiger partial charge in [0.2, 0.25) is 5.91 Å². The SMILES string of the molecule is O=C(C(c1ccc(F)cc1)N1CCCCC1)N1CCN(c2cccc(O)c2)CC1. The van der Waals surface area contributed by atoms with E-state index >= 15 is 0 Å². The molecule has 2 aliphatic rings. The molecule has 4 rings (SSSR count). The molecule has 1 atom stereocenters. The number of halogens is 1. The van der Waals surface area contributed by atoms with Gasteiger partial charge in [-0.05, 0) is 55.8 Å². The summed E-state index contributed by atoms with van der Waals surface area (Å²) >= 11 is 0. The molecule has 2 saturated heterocycles. The molecule has 0 aliphatic carbocycles. The van der Waals surface area contributed by atoms with Gasteiger partial charge in [-0.25, -0.2) is 4.39 Å². The van der Waals surface area contributed by atoms with Crippen LogP contribution in [0.5, 0.6) is 5.75 Å². The molecule has 0 bridgehead atoms. The molecule has 154 valence electrons. The fourth-order valence-electron chi connectivity index (χ4n) is 4.38. The first kappa shape index (κ1) is 19.7. The predicted octanol–water partition coefficient (Wildman–Crippen LogP) is 3.41. The summed E-state index contributed by atoms with van der Waals surface area (Å²) in [6, 6.07) is 13.3. The Morgan fingerprint density at radius 3 is 2.24 bits per heavy atom. The van der Waals surface area contributed by atoms with Crippen LogP contribution in [0.15, 0.2) is 48.5 Å². The third kappa shape index (κ3) is 4.53. The molecule has 2 heterocycles. The first-order valence-electron chi connectivity index (χ1n) is 10.4. The minimum absolute atomic E-state index is 0.106. The highest BCUT2D eigenvalue weighted by Gasteiger charge is 2.33. The van der Waals surface area contributed by atoms with Crippen molar-refractivity contribution in [2.45, 2.75) is 25.3 Å². The summed E-state index contributed by atoms with van der Waals surface area (Å²) < 4.78 is 13.4. The summed E-state index contributed by atoms with van der Waals surface area (Å²) in [5, 5.41) is 9.72. The van der Waals surface area contributed by atoms with Gasteiger partial charge in [-0.2, -0.15) is 0 Å². The number of phenolic OH excluding ortho intramolecular Hbond substituents is 1. The first-order chi connectivity index (χ1) is 14.1. The van der Waals surface area contributed by atoms with Gasteiger partial charge in [-0.1, -0.05) is 24.6 Å². The monoisotopic (exact) mass is 397 g/mol. The van der Waals surface area contributed by atoms with Crippen LogP contribution in [0.3, 0.4) is 0 Å². The Bertz CT molecular complexity index is 828. The van der Waals surface area contributed by atoms with Crippen LogP contribution in [-0.4, -0.2) is 60.1 Å². The average Bonchev–Trinajstić information content (AvgIpc) is 2.76. The van der Waals surface area contributed by atoms with E-state index in [4.69, 9.17) is 0 Å². The van der Waals surface area contributed by atoms with Gasteiger partial charge in [-0.3, -0.25) is 9.69 Å². The molecular formula is C23H28FN3O2. The maximum atomic E-state index is 13.5. The molecule has 29 heavy (non-hydrogen) atoms. The molecule has 1 N–H and O–H groups in total. The molecule has 0 aromatic heterocycles. The van der Waals surface area contributed by atoms with Crippen molar-refractivity contribution in [1.29, 1.82) is 0 Å². The van der Waals surface area contributed by atoms with Gasteiger partial charge in [0, 0.05) is 37.9 Å². The summed E-state index contributed by atoms with van der Waals surface area (Å²) in [6.45, 7) is 4.53. The number of piperazine rings is 1. The van der Waals surface area contributed by atoms with Crippen LogP contribution in [0.4, 0.5) is 10.1 Å². The zero-order valence-corrected chi connectivity index (χ0v) is 16.6. The number of aromatic hydroxyl groups is 1. The van der Waals surface area contributed by atoms with Crippen LogP contribution in [-0.2, 0) is 4.79 Å². The van der Waals surface area contributed by atoms with E-state index in [-0.39, 0.29) is 23.5 Å². The van der Waals surface area contributed by atoms with Crippen molar-refractivity contribution in [2.24, 2.45) is 0 Å². The third-order valence-corrected chi connectivity index (χ3v) is 5.96. The van der Waals surface area contributed by atoms with E-state index in [1.807, 2.05) is 17.0 Å². The highest BCUT2D eigenvalue weighted by Crippen LogP contribution is 2.28.